The molecule has 0 unspecified atom stereocenters. The third-order valence-corrected chi connectivity index (χ3v) is 7.56. The molecule has 1 aromatic heterocycles. The standard InChI is InChI=1S/C25H27N3O3S/c1-19-8-10-21(11-9-19)25-22(17-28(26-25)16-20-6-4-3-5-7-20)12-13-24(29)27(2)23-14-15-32(30,31)18-23/h3-13,17,23H,14-16,18H2,1-2H3/b13-12+/t23-/m0/s1. The van der Waals surface area contributed by atoms with Gasteiger partial charge in [-0.2, -0.15) is 5.10 Å². The van der Waals surface area contributed by atoms with Crippen LogP contribution in [0.1, 0.15) is 23.1 Å². The fourth-order valence-electron chi connectivity index (χ4n) is 3.89. The molecule has 1 saturated heterocycles. The minimum absolute atomic E-state index is 0.0344. The largest absolute Gasteiger partial charge is 0.338 e. The summed E-state index contributed by atoms with van der Waals surface area (Å²) in [5.41, 5.74) is 4.92. The van der Waals surface area contributed by atoms with Crippen LogP contribution in [-0.2, 0) is 21.2 Å². The van der Waals surface area contributed by atoms with E-state index in [-0.39, 0.29) is 23.5 Å². The molecule has 166 valence electrons. The van der Waals surface area contributed by atoms with Gasteiger partial charge in [0.1, 0.15) is 0 Å². The van der Waals surface area contributed by atoms with Gasteiger partial charge in [-0.3, -0.25) is 9.48 Å². The van der Waals surface area contributed by atoms with Crippen molar-refractivity contribution in [3.63, 3.8) is 0 Å². The Morgan fingerprint density at radius 3 is 2.53 bits per heavy atom. The highest BCUT2D eigenvalue weighted by Crippen LogP contribution is 2.25. The summed E-state index contributed by atoms with van der Waals surface area (Å²) in [6.45, 7) is 2.66. The lowest BCUT2D eigenvalue weighted by molar-refractivity contribution is -0.126. The first-order valence-corrected chi connectivity index (χ1v) is 12.5. The average molecular weight is 450 g/mol. The van der Waals surface area contributed by atoms with E-state index in [1.807, 2.05) is 60.3 Å². The van der Waals surface area contributed by atoms with Crippen LogP contribution >= 0.6 is 0 Å². The molecule has 2 heterocycles. The first-order chi connectivity index (χ1) is 15.3. The minimum atomic E-state index is -3.05. The molecule has 4 rings (SSSR count). The van der Waals surface area contributed by atoms with Crippen molar-refractivity contribution in [3.05, 3.63) is 83.6 Å². The van der Waals surface area contributed by atoms with E-state index in [1.165, 1.54) is 11.0 Å². The Balaban J connectivity index is 1.59. The Morgan fingerprint density at radius 1 is 1.16 bits per heavy atom. The minimum Gasteiger partial charge on any atom is -0.338 e. The number of aromatic nitrogens is 2. The van der Waals surface area contributed by atoms with E-state index in [2.05, 4.69) is 12.1 Å². The van der Waals surface area contributed by atoms with Crippen molar-refractivity contribution in [1.82, 2.24) is 14.7 Å². The van der Waals surface area contributed by atoms with Gasteiger partial charge in [0.25, 0.3) is 0 Å². The fraction of sp³-hybridized carbons (Fsp3) is 0.280. The van der Waals surface area contributed by atoms with E-state index < -0.39 is 9.84 Å². The van der Waals surface area contributed by atoms with Crippen LogP contribution in [0.4, 0.5) is 0 Å². The zero-order valence-electron chi connectivity index (χ0n) is 18.3. The molecule has 32 heavy (non-hydrogen) atoms. The summed E-state index contributed by atoms with van der Waals surface area (Å²) in [5, 5.41) is 4.79. The molecule has 0 aliphatic carbocycles. The molecule has 1 amide bonds. The topological polar surface area (TPSA) is 72.3 Å². The molecule has 7 heteroatoms. The van der Waals surface area contributed by atoms with Crippen LogP contribution < -0.4 is 0 Å². The second-order valence-corrected chi connectivity index (χ2v) is 10.6. The third-order valence-electron chi connectivity index (χ3n) is 5.81. The molecule has 0 spiro atoms. The second kappa shape index (κ2) is 9.12. The Morgan fingerprint density at radius 2 is 1.88 bits per heavy atom. The van der Waals surface area contributed by atoms with E-state index in [0.29, 0.717) is 13.0 Å². The monoisotopic (exact) mass is 449 g/mol. The predicted octanol–water partition coefficient (Wildman–Crippen LogP) is 3.57. The molecule has 2 aromatic carbocycles. The van der Waals surface area contributed by atoms with Crippen molar-refractivity contribution < 1.29 is 13.2 Å². The van der Waals surface area contributed by atoms with E-state index in [0.717, 1.165) is 27.9 Å². The van der Waals surface area contributed by atoms with Gasteiger partial charge in [-0.15, -0.1) is 0 Å². The van der Waals surface area contributed by atoms with Gasteiger partial charge in [-0.1, -0.05) is 60.2 Å². The van der Waals surface area contributed by atoms with Crippen molar-refractivity contribution in [3.8, 4) is 11.3 Å². The van der Waals surface area contributed by atoms with E-state index in [1.54, 1.807) is 13.1 Å². The highest BCUT2D eigenvalue weighted by Gasteiger charge is 2.32. The number of carbonyl (C=O) groups is 1. The molecular weight excluding hydrogens is 422 g/mol. The maximum Gasteiger partial charge on any atom is 0.246 e. The van der Waals surface area contributed by atoms with Crippen molar-refractivity contribution >= 4 is 21.8 Å². The summed E-state index contributed by atoms with van der Waals surface area (Å²) in [6, 6.07) is 17.9. The number of likely N-dealkylation sites (N-methyl/N-ethyl adjacent to an activating group) is 1. The molecule has 0 saturated carbocycles. The van der Waals surface area contributed by atoms with E-state index >= 15 is 0 Å². The van der Waals surface area contributed by atoms with Crippen LogP contribution in [0.2, 0.25) is 0 Å². The van der Waals surface area contributed by atoms with Gasteiger partial charge < -0.3 is 4.90 Å². The molecule has 6 nitrogen and oxygen atoms in total. The number of rotatable bonds is 6. The second-order valence-electron chi connectivity index (χ2n) is 8.32. The Kier molecular flexibility index (Phi) is 6.28. The highest BCUT2D eigenvalue weighted by atomic mass is 32.2. The zero-order chi connectivity index (χ0) is 22.7. The molecule has 1 fully saturated rings. The van der Waals surface area contributed by atoms with Crippen molar-refractivity contribution in [2.75, 3.05) is 18.6 Å². The number of amides is 1. The Bertz CT molecular complexity index is 1230. The molecular formula is C25H27N3O3S. The van der Waals surface area contributed by atoms with Crippen LogP contribution in [0.25, 0.3) is 17.3 Å². The molecule has 0 bridgehead atoms. The maximum absolute atomic E-state index is 12.7. The molecule has 0 N–H and O–H groups in total. The summed E-state index contributed by atoms with van der Waals surface area (Å²) in [4.78, 5) is 14.3. The van der Waals surface area contributed by atoms with Crippen LogP contribution in [0, 0.1) is 6.92 Å². The van der Waals surface area contributed by atoms with Crippen LogP contribution in [0.3, 0.4) is 0 Å². The first kappa shape index (κ1) is 22.0. The summed E-state index contributed by atoms with van der Waals surface area (Å²) in [6.07, 6.45) is 5.70. The van der Waals surface area contributed by atoms with Crippen molar-refractivity contribution in [2.45, 2.75) is 25.9 Å². The number of benzene rings is 2. The van der Waals surface area contributed by atoms with Crippen LogP contribution in [-0.4, -0.2) is 53.6 Å². The lowest BCUT2D eigenvalue weighted by Crippen LogP contribution is -2.36. The van der Waals surface area contributed by atoms with Crippen LogP contribution in [0.5, 0.6) is 0 Å². The van der Waals surface area contributed by atoms with E-state index in [9.17, 15) is 13.2 Å². The van der Waals surface area contributed by atoms with Crippen molar-refractivity contribution in [2.24, 2.45) is 0 Å². The molecule has 1 aliphatic rings. The number of aryl methyl sites for hydroxylation is 1. The first-order valence-electron chi connectivity index (χ1n) is 10.6. The Labute approximate surface area is 189 Å². The fourth-order valence-corrected chi connectivity index (χ4v) is 5.66. The zero-order valence-corrected chi connectivity index (χ0v) is 19.1. The van der Waals surface area contributed by atoms with Gasteiger partial charge >= 0.3 is 0 Å². The van der Waals surface area contributed by atoms with Gasteiger partial charge in [0.2, 0.25) is 5.91 Å². The summed E-state index contributed by atoms with van der Waals surface area (Å²) >= 11 is 0. The van der Waals surface area contributed by atoms with Crippen LogP contribution in [0.15, 0.2) is 66.9 Å². The summed E-state index contributed by atoms with van der Waals surface area (Å²) in [7, 11) is -1.38. The Hall–Kier alpha value is -3.19. The predicted molar refractivity (Wildman–Crippen MR) is 127 cm³/mol. The SMILES string of the molecule is Cc1ccc(-c2nn(Cc3ccccc3)cc2/C=C/C(=O)N(C)[C@H]2CCS(=O)(=O)C2)cc1. The lowest BCUT2D eigenvalue weighted by atomic mass is 10.1. The normalized spacial score (nSPS) is 17.6. The van der Waals surface area contributed by atoms with Crippen molar-refractivity contribution in [1.29, 1.82) is 0 Å². The highest BCUT2D eigenvalue weighted by molar-refractivity contribution is 7.91. The quantitative estimate of drug-likeness (QED) is 0.540. The van der Waals surface area contributed by atoms with Gasteiger partial charge in [-0.05, 0) is 25.0 Å². The molecule has 1 aliphatic heterocycles. The summed E-state index contributed by atoms with van der Waals surface area (Å²) < 4.78 is 25.4. The van der Waals surface area contributed by atoms with E-state index in [4.69, 9.17) is 5.10 Å². The number of carbonyl (C=O) groups excluding carboxylic acids is 1. The number of sulfone groups is 1. The summed E-state index contributed by atoms with van der Waals surface area (Å²) in [5.74, 6) is -0.0343. The lowest BCUT2D eigenvalue weighted by Gasteiger charge is -2.21. The molecule has 0 radical (unpaired) electrons. The van der Waals surface area contributed by atoms with Gasteiger partial charge in [-0.25, -0.2) is 8.42 Å². The molecule has 3 aromatic rings. The number of hydrogen-bond donors (Lipinski definition) is 0. The maximum atomic E-state index is 12.7. The number of nitrogens with zero attached hydrogens (tertiary/aromatic N) is 3. The third kappa shape index (κ3) is 5.16. The smallest absolute Gasteiger partial charge is 0.246 e. The average Bonchev–Trinajstić information content (AvgIpc) is 3.35. The number of hydrogen-bond acceptors (Lipinski definition) is 4. The van der Waals surface area contributed by atoms with Gasteiger partial charge in [0.15, 0.2) is 9.84 Å². The molecule has 1 atom stereocenters. The van der Waals surface area contributed by atoms with Gasteiger partial charge in [0, 0.05) is 36.5 Å². The van der Waals surface area contributed by atoms with Gasteiger partial charge in [0.05, 0.1) is 23.7 Å².